The van der Waals surface area contributed by atoms with Crippen molar-refractivity contribution in [2.24, 2.45) is 0 Å². The van der Waals surface area contributed by atoms with Gasteiger partial charge < -0.3 is 20.3 Å². The lowest BCUT2D eigenvalue weighted by molar-refractivity contribution is -0.113. The van der Waals surface area contributed by atoms with E-state index >= 15 is 0 Å². The molecule has 6 heterocycles. The molecule has 13 heteroatoms. The van der Waals surface area contributed by atoms with Crippen LogP contribution in [0, 0.1) is 0 Å². The van der Waals surface area contributed by atoms with Crippen molar-refractivity contribution in [3.63, 3.8) is 0 Å². The van der Waals surface area contributed by atoms with Crippen molar-refractivity contribution in [3.8, 4) is 22.7 Å². The Morgan fingerprint density at radius 3 is 2.85 bits per heavy atom. The first-order valence-electron chi connectivity index (χ1n) is 13.5. The van der Waals surface area contributed by atoms with E-state index in [4.69, 9.17) is 14.8 Å². The fraction of sp³-hybridized carbons (Fsp3) is 0.321. The Hall–Kier alpha value is -4.20. The number of fused-ring (bicyclic) bond motifs is 3. The molecule has 1 amide bonds. The van der Waals surface area contributed by atoms with Gasteiger partial charge in [0, 0.05) is 68.8 Å². The monoisotopic (exact) mass is 570 g/mol. The molecule has 0 spiro atoms. The van der Waals surface area contributed by atoms with Crippen LogP contribution >= 0.6 is 11.8 Å². The molecule has 7 rings (SSSR count). The number of nitrogens with one attached hydrogen (secondary N) is 2. The van der Waals surface area contributed by atoms with E-state index in [9.17, 15) is 4.79 Å². The van der Waals surface area contributed by atoms with Gasteiger partial charge in [0.2, 0.25) is 5.91 Å². The van der Waals surface area contributed by atoms with Gasteiger partial charge in [-0.2, -0.15) is 5.10 Å². The molecule has 0 atom stereocenters. The fourth-order valence-corrected chi connectivity index (χ4v) is 6.13. The van der Waals surface area contributed by atoms with Gasteiger partial charge in [0.05, 0.1) is 46.9 Å². The number of piperazine rings is 1. The summed E-state index contributed by atoms with van der Waals surface area (Å²) >= 11 is 1.50. The Kier molecular flexibility index (Phi) is 6.69. The number of likely N-dealkylation sites (N-methyl/N-ethyl adjacent to an activating group) is 1. The lowest BCUT2D eigenvalue weighted by Gasteiger charge is -2.32. The molecular formula is C28H30N10O2S. The highest BCUT2D eigenvalue weighted by atomic mass is 32.2. The third kappa shape index (κ3) is 4.85. The molecule has 2 aliphatic rings. The number of methoxy groups -OCH3 is 1. The van der Waals surface area contributed by atoms with Crippen LogP contribution in [0.4, 0.5) is 11.5 Å². The number of hydrogen-bond acceptors (Lipinski definition) is 10. The van der Waals surface area contributed by atoms with E-state index in [1.54, 1.807) is 24.0 Å². The van der Waals surface area contributed by atoms with Crippen molar-refractivity contribution in [2.45, 2.75) is 4.90 Å². The number of rotatable bonds is 7. The highest BCUT2D eigenvalue weighted by Gasteiger charge is 2.23. The number of nitrogens with zero attached hydrogens (tertiary/aromatic N) is 8. The number of thioether (sulfide) groups is 1. The van der Waals surface area contributed by atoms with Gasteiger partial charge in [-0.05, 0) is 25.2 Å². The van der Waals surface area contributed by atoms with E-state index in [0.29, 0.717) is 11.5 Å². The van der Waals surface area contributed by atoms with Crippen molar-refractivity contribution in [1.82, 2.24) is 39.2 Å². The van der Waals surface area contributed by atoms with Gasteiger partial charge in [0.25, 0.3) is 0 Å². The molecule has 0 saturated carbocycles. The number of carbonyl (C=O) groups is 1. The number of carbonyl (C=O) groups excluding carboxylic acids is 1. The zero-order valence-electron chi connectivity index (χ0n) is 22.9. The number of pyridine rings is 1. The molecule has 0 radical (unpaired) electrons. The van der Waals surface area contributed by atoms with Crippen LogP contribution in [0.2, 0.25) is 0 Å². The number of hydrogen-bond donors (Lipinski definition) is 2. The van der Waals surface area contributed by atoms with Gasteiger partial charge in [0.1, 0.15) is 11.4 Å². The predicted octanol–water partition coefficient (Wildman–Crippen LogP) is 2.84. The molecule has 1 fully saturated rings. The van der Waals surface area contributed by atoms with E-state index < -0.39 is 0 Å². The Morgan fingerprint density at radius 1 is 1.12 bits per heavy atom. The first-order valence-corrected chi connectivity index (χ1v) is 14.5. The van der Waals surface area contributed by atoms with Gasteiger partial charge in [-0.25, -0.2) is 14.2 Å². The second-order valence-electron chi connectivity index (χ2n) is 10.2. The maximum Gasteiger partial charge on any atom is 0.234 e. The first kappa shape index (κ1) is 25.7. The SMILES string of the molecule is COc1cc2c(cc1-n1nc(NCCN3CCN(C)CC3)c3cnc(-c4cnn5cccnc45)cc31)SCC(=O)N2. The minimum Gasteiger partial charge on any atom is -0.494 e. The van der Waals surface area contributed by atoms with Crippen LogP contribution in [0.1, 0.15) is 0 Å². The van der Waals surface area contributed by atoms with E-state index in [-0.39, 0.29) is 5.91 Å². The third-order valence-corrected chi connectivity index (χ3v) is 8.63. The third-order valence-electron chi connectivity index (χ3n) is 7.58. The minimum atomic E-state index is -0.0218. The van der Waals surface area contributed by atoms with E-state index in [1.807, 2.05) is 41.3 Å². The maximum atomic E-state index is 12.0. The molecule has 0 unspecified atom stereocenters. The molecule has 210 valence electrons. The van der Waals surface area contributed by atoms with Crippen LogP contribution in [0.25, 0.3) is 33.5 Å². The molecule has 41 heavy (non-hydrogen) atoms. The molecule has 2 N–H and O–H groups in total. The van der Waals surface area contributed by atoms with Crippen LogP contribution in [0.5, 0.6) is 5.75 Å². The zero-order valence-corrected chi connectivity index (χ0v) is 23.7. The number of anilines is 2. The van der Waals surface area contributed by atoms with Gasteiger partial charge >= 0.3 is 0 Å². The predicted molar refractivity (Wildman–Crippen MR) is 159 cm³/mol. The van der Waals surface area contributed by atoms with Crippen molar-refractivity contribution >= 4 is 45.7 Å². The summed E-state index contributed by atoms with van der Waals surface area (Å²) in [6.07, 6.45) is 7.26. The van der Waals surface area contributed by atoms with E-state index in [2.05, 4.69) is 37.6 Å². The molecule has 4 aromatic heterocycles. The average molecular weight is 571 g/mol. The second kappa shape index (κ2) is 10.7. The van der Waals surface area contributed by atoms with Gasteiger partial charge in [-0.3, -0.25) is 14.7 Å². The van der Waals surface area contributed by atoms with Crippen LogP contribution in [-0.4, -0.2) is 104 Å². The summed E-state index contributed by atoms with van der Waals surface area (Å²) in [5, 5.41) is 16.9. The smallest absolute Gasteiger partial charge is 0.234 e. The summed E-state index contributed by atoms with van der Waals surface area (Å²) < 4.78 is 9.43. The fourth-order valence-electron chi connectivity index (χ4n) is 5.31. The topological polar surface area (TPSA) is 118 Å². The van der Waals surface area contributed by atoms with Crippen LogP contribution in [-0.2, 0) is 4.79 Å². The van der Waals surface area contributed by atoms with Crippen molar-refractivity contribution < 1.29 is 9.53 Å². The minimum absolute atomic E-state index is 0.0218. The molecule has 1 aromatic carbocycles. The Bertz CT molecular complexity index is 1760. The molecule has 2 aliphatic heterocycles. The average Bonchev–Trinajstić information content (AvgIpc) is 3.59. The van der Waals surface area contributed by atoms with Gasteiger partial charge in [-0.15, -0.1) is 16.9 Å². The number of aromatic nitrogens is 6. The van der Waals surface area contributed by atoms with Crippen LogP contribution < -0.4 is 15.4 Å². The summed E-state index contributed by atoms with van der Waals surface area (Å²) in [6.45, 7) is 5.98. The lowest BCUT2D eigenvalue weighted by Crippen LogP contribution is -2.45. The highest BCUT2D eigenvalue weighted by Crippen LogP contribution is 2.40. The summed E-state index contributed by atoms with van der Waals surface area (Å²) in [5.74, 6) is 1.71. The van der Waals surface area contributed by atoms with Crippen LogP contribution in [0.3, 0.4) is 0 Å². The Balaban J connectivity index is 1.30. The second-order valence-corrected chi connectivity index (χ2v) is 11.2. The van der Waals surface area contributed by atoms with Crippen molar-refractivity contribution in [3.05, 3.63) is 49.1 Å². The summed E-state index contributed by atoms with van der Waals surface area (Å²) in [7, 11) is 3.79. The molecule has 12 nitrogen and oxygen atoms in total. The highest BCUT2D eigenvalue weighted by molar-refractivity contribution is 8.00. The molecule has 0 aliphatic carbocycles. The number of ether oxygens (including phenoxy) is 1. The summed E-state index contributed by atoms with van der Waals surface area (Å²) in [4.78, 5) is 27.1. The van der Waals surface area contributed by atoms with Crippen LogP contribution in [0.15, 0.2) is 53.9 Å². The summed E-state index contributed by atoms with van der Waals surface area (Å²) in [5.41, 5.74) is 4.70. The van der Waals surface area contributed by atoms with E-state index in [0.717, 1.165) is 89.2 Å². The Morgan fingerprint density at radius 2 is 2.00 bits per heavy atom. The van der Waals surface area contributed by atoms with Gasteiger partial charge in [-0.1, -0.05) is 0 Å². The summed E-state index contributed by atoms with van der Waals surface area (Å²) in [6, 6.07) is 7.75. The molecular weight excluding hydrogens is 540 g/mol. The van der Waals surface area contributed by atoms with E-state index in [1.165, 1.54) is 11.8 Å². The molecule has 5 aromatic rings. The molecule has 0 bridgehead atoms. The first-order chi connectivity index (χ1) is 20.1. The molecule has 1 saturated heterocycles. The normalized spacial score (nSPS) is 16.2. The number of amides is 1. The van der Waals surface area contributed by atoms with Crippen molar-refractivity contribution in [2.75, 3.05) is 69.8 Å². The zero-order chi connectivity index (χ0) is 27.9. The Labute approximate surface area is 240 Å². The quantitative estimate of drug-likeness (QED) is 0.302. The van der Waals surface area contributed by atoms with Crippen molar-refractivity contribution in [1.29, 1.82) is 0 Å². The maximum absolute atomic E-state index is 12.0. The standard InChI is InChI=1S/C28H30N10O2S/c1-35-8-10-36(11-9-35)7-5-29-27-19-15-31-20(18-16-32-37-6-3-4-30-28(18)37)12-22(19)38(34-27)23-14-25-21(13-24(23)40-2)33-26(39)17-41-25/h3-4,6,12-16H,5,7-11,17H2,1-2H3,(H,29,34)(H,33,39). The number of benzene rings is 1. The lowest BCUT2D eigenvalue weighted by atomic mass is 10.2. The van der Waals surface area contributed by atoms with Gasteiger partial charge in [0.15, 0.2) is 11.5 Å². The largest absolute Gasteiger partial charge is 0.494 e.